The van der Waals surface area contributed by atoms with E-state index in [1.807, 2.05) is 6.07 Å². The average molecular weight is 569 g/mol. The van der Waals surface area contributed by atoms with Crippen LogP contribution >= 0.6 is 0 Å². The van der Waals surface area contributed by atoms with Crippen LogP contribution in [0.3, 0.4) is 0 Å². The lowest BCUT2D eigenvalue weighted by Crippen LogP contribution is -2.48. The summed E-state index contributed by atoms with van der Waals surface area (Å²) in [5.74, 6) is -3.06. The smallest absolute Gasteiger partial charge is 0.296 e. The van der Waals surface area contributed by atoms with Crippen LogP contribution in [0.15, 0.2) is 65.2 Å². The molecule has 2 heterocycles. The molecule has 1 N–H and O–H groups in total. The molecule has 1 saturated heterocycles. The number of hydrogen-bond acceptors (Lipinski definition) is 9. The fourth-order valence-corrected chi connectivity index (χ4v) is 6.16. The van der Waals surface area contributed by atoms with E-state index in [4.69, 9.17) is 9.26 Å². The second kappa shape index (κ2) is 13.0. The lowest BCUT2D eigenvalue weighted by molar-refractivity contribution is -0.139. The third-order valence-electron chi connectivity index (χ3n) is 6.76. The van der Waals surface area contributed by atoms with E-state index < -0.39 is 38.7 Å². The summed E-state index contributed by atoms with van der Waals surface area (Å²) in [6.07, 6.45) is 0.852. The highest BCUT2D eigenvalue weighted by molar-refractivity contribution is 7.91. The molecule has 3 atom stereocenters. The van der Waals surface area contributed by atoms with Crippen LogP contribution < -0.4 is 5.32 Å². The minimum Gasteiger partial charge on any atom is -0.378 e. The van der Waals surface area contributed by atoms with Crippen molar-refractivity contribution >= 4 is 27.4 Å². The molecule has 4 rings (SSSR count). The summed E-state index contributed by atoms with van der Waals surface area (Å²) in [4.78, 5) is 46.0. The maximum absolute atomic E-state index is 13.8. The molecule has 1 aliphatic heterocycles. The Morgan fingerprint density at radius 2 is 1.62 bits per heavy atom. The quantitative estimate of drug-likeness (QED) is 0.344. The Morgan fingerprint density at radius 3 is 2.23 bits per heavy atom. The number of aromatic nitrogens is 2. The van der Waals surface area contributed by atoms with Gasteiger partial charge in [0.2, 0.25) is 23.4 Å². The minimum atomic E-state index is -3.86. The third-order valence-corrected chi connectivity index (χ3v) is 8.28. The molecule has 1 aromatic heterocycles. The van der Waals surface area contributed by atoms with E-state index in [1.54, 1.807) is 66.4 Å². The Hall–Kier alpha value is -3.90. The van der Waals surface area contributed by atoms with E-state index in [1.165, 1.54) is 0 Å². The van der Waals surface area contributed by atoms with Gasteiger partial charge >= 0.3 is 0 Å². The predicted octanol–water partition coefficient (Wildman–Crippen LogP) is 2.47. The summed E-state index contributed by atoms with van der Waals surface area (Å²) in [6.45, 7) is 3.10. The second-order valence-electron chi connectivity index (χ2n) is 9.59. The maximum Gasteiger partial charge on any atom is 0.296 e. The molecular formula is C28H32N4O7S. The van der Waals surface area contributed by atoms with E-state index in [0.29, 0.717) is 37.4 Å². The normalized spacial score (nSPS) is 16.1. The Bertz CT molecular complexity index is 1420. The van der Waals surface area contributed by atoms with Crippen molar-refractivity contribution in [2.75, 3.05) is 32.6 Å². The Kier molecular flexibility index (Phi) is 9.43. The number of sulfone groups is 1. The van der Waals surface area contributed by atoms with E-state index >= 15 is 0 Å². The molecule has 1 aliphatic rings. The first kappa shape index (κ1) is 29.1. The molecule has 3 aromatic rings. The van der Waals surface area contributed by atoms with E-state index in [2.05, 4.69) is 15.5 Å². The van der Waals surface area contributed by atoms with Crippen molar-refractivity contribution in [2.24, 2.45) is 5.92 Å². The van der Waals surface area contributed by atoms with Crippen LogP contribution in [0.2, 0.25) is 0 Å². The molecular weight excluding hydrogens is 536 g/mol. The summed E-state index contributed by atoms with van der Waals surface area (Å²) >= 11 is 0. The zero-order valence-electron chi connectivity index (χ0n) is 22.4. The number of hydrogen-bond donors (Lipinski definition) is 1. The van der Waals surface area contributed by atoms with Gasteiger partial charge in [0.05, 0.1) is 30.4 Å². The molecule has 40 heavy (non-hydrogen) atoms. The molecule has 0 saturated carbocycles. The number of nitrogens with zero attached hydrogens (tertiary/aromatic N) is 3. The first-order valence-electron chi connectivity index (χ1n) is 13.0. The number of carbonyl (C=O) groups excluding carboxylic acids is 3. The van der Waals surface area contributed by atoms with Crippen LogP contribution in [-0.4, -0.2) is 79.7 Å². The summed E-state index contributed by atoms with van der Waals surface area (Å²) in [5, 5.41) is 5.23. The summed E-state index contributed by atoms with van der Waals surface area (Å²) in [5.41, 5.74) is 1.03. The monoisotopic (exact) mass is 568 g/mol. The number of amides is 2. The van der Waals surface area contributed by atoms with Crippen LogP contribution in [0, 0.1) is 5.92 Å². The van der Waals surface area contributed by atoms with Crippen molar-refractivity contribution in [3.63, 3.8) is 0 Å². The number of nitrogens with one attached hydrogen (secondary N) is 1. The highest BCUT2D eigenvalue weighted by atomic mass is 32.2. The number of benzene rings is 2. The van der Waals surface area contributed by atoms with Crippen molar-refractivity contribution in [3.8, 4) is 11.4 Å². The molecule has 2 unspecified atom stereocenters. The first-order chi connectivity index (χ1) is 19.2. The van der Waals surface area contributed by atoms with Gasteiger partial charge in [-0.05, 0) is 12.0 Å². The Balaban J connectivity index is 1.61. The van der Waals surface area contributed by atoms with Crippen LogP contribution in [0.25, 0.3) is 11.4 Å². The Morgan fingerprint density at radius 1 is 1.00 bits per heavy atom. The molecule has 0 bridgehead atoms. The van der Waals surface area contributed by atoms with Gasteiger partial charge in [-0.15, -0.1) is 0 Å². The highest BCUT2D eigenvalue weighted by Crippen LogP contribution is 2.33. The molecule has 2 aromatic carbocycles. The van der Waals surface area contributed by atoms with Gasteiger partial charge in [-0.2, -0.15) is 4.98 Å². The first-order valence-corrected chi connectivity index (χ1v) is 15.0. The van der Waals surface area contributed by atoms with E-state index in [0.717, 1.165) is 6.26 Å². The molecule has 0 radical (unpaired) electrons. The molecule has 0 aliphatic carbocycles. The van der Waals surface area contributed by atoms with Gasteiger partial charge < -0.3 is 19.5 Å². The summed E-state index contributed by atoms with van der Waals surface area (Å²) in [6, 6.07) is 16.2. The van der Waals surface area contributed by atoms with Crippen LogP contribution in [-0.2, 0) is 24.2 Å². The van der Waals surface area contributed by atoms with Crippen molar-refractivity contribution in [2.45, 2.75) is 31.1 Å². The maximum atomic E-state index is 13.8. The largest absolute Gasteiger partial charge is 0.378 e. The zero-order chi connectivity index (χ0) is 28.7. The fraction of sp³-hybridized carbons (Fsp3) is 0.393. The standard InChI is InChI=1S/C28H32N4O7S/c1-3-22(24(34)28-30-26(31-39-28)20-12-8-5-9-13-20)29-27(35)21(18-23(33)32-14-16-38-17-15-32)25(40(2,36)37)19-10-6-4-7-11-19/h4-13,21-22,25H,3,14-18H2,1-2H3,(H,29,35)/t21?,22?,25-/m0/s1. The van der Waals surface area contributed by atoms with Crippen LogP contribution in [0.4, 0.5) is 0 Å². The third kappa shape index (κ3) is 6.99. The van der Waals surface area contributed by atoms with Crippen LogP contribution in [0.5, 0.6) is 0 Å². The number of rotatable bonds is 11. The summed E-state index contributed by atoms with van der Waals surface area (Å²) in [7, 11) is -3.86. The van der Waals surface area contributed by atoms with Gasteiger partial charge in [0.1, 0.15) is 0 Å². The summed E-state index contributed by atoms with van der Waals surface area (Å²) < 4.78 is 36.6. The second-order valence-corrected chi connectivity index (χ2v) is 11.8. The van der Waals surface area contributed by atoms with E-state index in [9.17, 15) is 22.8 Å². The van der Waals surface area contributed by atoms with Gasteiger partial charge in [-0.1, -0.05) is 72.7 Å². The SMILES string of the molecule is CCC(NC(=O)C(CC(=O)N1CCOCC1)[C@H](c1ccccc1)S(C)(=O)=O)C(=O)c1nc(-c2ccccc2)no1. The van der Waals surface area contributed by atoms with E-state index in [-0.39, 0.29) is 30.5 Å². The van der Waals surface area contributed by atoms with Crippen molar-refractivity contribution in [1.29, 1.82) is 0 Å². The molecule has 0 spiro atoms. The van der Waals surface area contributed by atoms with Gasteiger partial charge in [0.15, 0.2) is 9.84 Å². The van der Waals surface area contributed by atoms with Crippen LogP contribution in [0.1, 0.15) is 41.3 Å². The predicted molar refractivity (Wildman–Crippen MR) is 146 cm³/mol. The molecule has 2 amide bonds. The van der Waals surface area contributed by atoms with Crippen molar-refractivity contribution in [3.05, 3.63) is 72.1 Å². The lowest BCUT2D eigenvalue weighted by atomic mass is 9.93. The number of Topliss-reactive ketones (excluding diaryl/α,β-unsaturated/α-hetero) is 1. The lowest BCUT2D eigenvalue weighted by Gasteiger charge is -2.31. The van der Waals surface area contributed by atoms with Crippen molar-refractivity contribution in [1.82, 2.24) is 20.4 Å². The average Bonchev–Trinajstić information content (AvgIpc) is 3.46. The number of morpholine rings is 1. The number of ether oxygens (including phenoxy) is 1. The zero-order valence-corrected chi connectivity index (χ0v) is 23.2. The Labute approximate surface area is 232 Å². The van der Waals surface area contributed by atoms with Crippen molar-refractivity contribution < 1.29 is 32.1 Å². The highest BCUT2D eigenvalue weighted by Gasteiger charge is 2.40. The number of ketones is 1. The van der Waals surface area contributed by atoms with Gasteiger partial charge in [0, 0.05) is 31.3 Å². The van der Waals surface area contributed by atoms with Gasteiger partial charge in [0.25, 0.3) is 5.89 Å². The molecule has 1 fully saturated rings. The fourth-order valence-electron chi connectivity index (χ4n) is 4.70. The van der Waals surface area contributed by atoms with Gasteiger partial charge in [-0.3, -0.25) is 14.4 Å². The number of carbonyl (C=O) groups is 3. The molecule has 11 nitrogen and oxygen atoms in total. The minimum absolute atomic E-state index is 0.173. The molecule has 212 valence electrons. The van der Waals surface area contributed by atoms with Gasteiger partial charge in [-0.25, -0.2) is 8.42 Å². The molecule has 12 heteroatoms. The topological polar surface area (TPSA) is 149 Å².